The average Bonchev–Trinajstić information content (AvgIpc) is 3.70. The number of rotatable bonds is 9. The first-order chi connectivity index (χ1) is 22.7. The van der Waals surface area contributed by atoms with Crippen LogP contribution in [0.1, 0.15) is 46.7 Å². The van der Waals surface area contributed by atoms with Gasteiger partial charge in [-0.1, -0.05) is 7.43 Å². The number of ketones is 2. The maximum atomic E-state index is 12.5. The molecule has 0 spiro atoms. The van der Waals surface area contributed by atoms with Crippen molar-refractivity contribution >= 4 is 56.8 Å². The summed E-state index contributed by atoms with van der Waals surface area (Å²) in [5, 5.41) is 0. The van der Waals surface area contributed by atoms with Crippen LogP contribution in [0.5, 0.6) is 0 Å². The minimum atomic E-state index is -3.58. The largest absolute Gasteiger partial charge is 0.467 e. The van der Waals surface area contributed by atoms with Crippen LogP contribution in [0, 0.1) is 0 Å². The SMILES string of the molecule is C.CC(=O)Cn1c(=O)c2c(n(C)c1=O)N=CC2.COC(=O)[C@@H](C)OS(C)(=O)=O.COC(=O)[C@H](C)n1cnc2c1c(=O)n(CC(C)=O)c(=O)n2C. The molecule has 20 nitrogen and oxygen atoms in total. The second kappa shape index (κ2) is 17.4. The predicted molar refractivity (Wildman–Crippen MR) is 179 cm³/mol. The molecule has 0 amide bonds. The molecule has 0 radical (unpaired) electrons. The van der Waals surface area contributed by atoms with Gasteiger partial charge in [-0.3, -0.25) is 41.6 Å². The average molecular weight is 728 g/mol. The molecule has 1 aliphatic rings. The zero-order valence-corrected chi connectivity index (χ0v) is 29.1. The fourth-order valence-electron chi connectivity index (χ4n) is 4.44. The Kier molecular flexibility index (Phi) is 14.8. The van der Waals surface area contributed by atoms with E-state index < -0.39 is 56.7 Å². The molecule has 0 unspecified atom stereocenters. The summed E-state index contributed by atoms with van der Waals surface area (Å²) in [7, 11) is 1.80. The fourth-order valence-corrected chi connectivity index (χ4v) is 5.05. The first-order valence-electron chi connectivity index (χ1n) is 14.2. The predicted octanol–water partition coefficient (Wildman–Crippen LogP) is -1.23. The van der Waals surface area contributed by atoms with Crippen LogP contribution in [0.4, 0.5) is 5.82 Å². The van der Waals surface area contributed by atoms with Crippen LogP contribution in [0.3, 0.4) is 0 Å². The van der Waals surface area contributed by atoms with Crippen LogP contribution in [-0.4, -0.2) is 92.5 Å². The van der Waals surface area contributed by atoms with Crippen molar-refractivity contribution in [1.82, 2.24) is 27.8 Å². The van der Waals surface area contributed by atoms with Crippen molar-refractivity contribution < 1.29 is 41.3 Å². The number of aliphatic imine (C=N–C) groups is 1. The number of Topliss-reactive ketones (excluding diaryl/α,β-unsaturated/α-hetero) is 2. The number of ether oxygens (including phenoxy) is 2. The molecule has 50 heavy (non-hydrogen) atoms. The molecule has 0 N–H and O–H groups in total. The van der Waals surface area contributed by atoms with E-state index in [2.05, 4.69) is 23.6 Å². The summed E-state index contributed by atoms with van der Waals surface area (Å²) in [5.41, 5.74) is -1.52. The highest BCUT2D eigenvalue weighted by molar-refractivity contribution is 7.86. The first-order valence-corrected chi connectivity index (χ1v) is 16.0. The summed E-state index contributed by atoms with van der Waals surface area (Å²) in [5.74, 6) is -1.42. The van der Waals surface area contributed by atoms with Gasteiger partial charge in [-0.2, -0.15) is 8.42 Å². The summed E-state index contributed by atoms with van der Waals surface area (Å²) >= 11 is 0. The molecule has 21 heteroatoms. The van der Waals surface area contributed by atoms with Crippen molar-refractivity contribution in [1.29, 1.82) is 0 Å². The summed E-state index contributed by atoms with van der Waals surface area (Å²) < 4.78 is 39.6. The maximum Gasteiger partial charge on any atom is 0.336 e. The molecular formula is C29H41N7O13S. The van der Waals surface area contributed by atoms with Crippen LogP contribution in [0.2, 0.25) is 0 Å². The molecule has 3 aromatic heterocycles. The Bertz CT molecular complexity index is 2170. The molecule has 0 saturated heterocycles. The second-order valence-electron chi connectivity index (χ2n) is 10.7. The molecule has 2 atom stereocenters. The Morgan fingerprint density at radius 1 is 0.860 bits per heavy atom. The molecule has 0 bridgehead atoms. The van der Waals surface area contributed by atoms with Gasteiger partial charge in [-0.05, 0) is 27.7 Å². The van der Waals surface area contributed by atoms with Crippen molar-refractivity contribution in [3.63, 3.8) is 0 Å². The fraction of sp³-hybridized carbons (Fsp3) is 0.517. The van der Waals surface area contributed by atoms with Crippen molar-refractivity contribution in [2.45, 2.75) is 66.8 Å². The van der Waals surface area contributed by atoms with Crippen LogP contribution in [0.25, 0.3) is 11.2 Å². The monoisotopic (exact) mass is 727 g/mol. The molecule has 0 aliphatic carbocycles. The molecule has 0 saturated carbocycles. The molecular weight excluding hydrogens is 686 g/mol. The molecule has 4 heterocycles. The Labute approximate surface area is 285 Å². The molecule has 3 aromatic rings. The number of fused-ring (bicyclic) bond motifs is 2. The zero-order valence-electron chi connectivity index (χ0n) is 28.3. The van der Waals surface area contributed by atoms with E-state index in [-0.39, 0.29) is 43.2 Å². The minimum absolute atomic E-state index is 0. The highest BCUT2D eigenvalue weighted by Gasteiger charge is 2.24. The number of hydrogen-bond donors (Lipinski definition) is 0. The van der Waals surface area contributed by atoms with E-state index >= 15 is 0 Å². The Hall–Kier alpha value is -5.31. The van der Waals surface area contributed by atoms with Gasteiger partial charge >= 0.3 is 23.3 Å². The van der Waals surface area contributed by atoms with Crippen LogP contribution in [0.15, 0.2) is 30.5 Å². The number of aryl methyl sites for hydroxylation is 1. The second-order valence-corrected chi connectivity index (χ2v) is 12.3. The van der Waals surface area contributed by atoms with Gasteiger partial charge < -0.3 is 14.0 Å². The number of imidazole rings is 1. The lowest BCUT2D eigenvalue weighted by molar-refractivity contribution is -0.147. The van der Waals surface area contributed by atoms with Gasteiger partial charge in [0.2, 0.25) is 0 Å². The van der Waals surface area contributed by atoms with Crippen molar-refractivity contribution in [2.24, 2.45) is 19.1 Å². The van der Waals surface area contributed by atoms with Gasteiger partial charge in [-0.25, -0.2) is 29.2 Å². The third-order valence-corrected chi connectivity index (χ3v) is 7.39. The molecule has 276 valence electrons. The number of nitrogens with zero attached hydrogens (tertiary/aromatic N) is 7. The van der Waals surface area contributed by atoms with Crippen molar-refractivity contribution in [3.05, 3.63) is 53.6 Å². The van der Waals surface area contributed by atoms with Crippen LogP contribution in [-0.2, 0) is 76.6 Å². The third kappa shape index (κ3) is 9.87. The van der Waals surface area contributed by atoms with E-state index in [4.69, 9.17) is 0 Å². The number of carbonyl (C=O) groups excluding carboxylic acids is 4. The molecule has 4 rings (SSSR count). The summed E-state index contributed by atoms with van der Waals surface area (Å²) in [6.07, 6.45) is 3.09. The molecule has 0 aromatic carbocycles. The van der Waals surface area contributed by atoms with E-state index in [1.807, 2.05) is 0 Å². The van der Waals surface area contributed by atoms with Gasteiger partial charge in [0.15, 0.2) is 17.3 Å². The third-order valence-electron chi connectivity index (χ3n) is 6.75. The summed E-state index contributed by atoms with van der Waals surface area (Å²) in [4.78, 5) is 101. The van der Waals surface area contributed by atoms with Gasteiger partial charge in [0.05, 0.1) is 45.5 Å². The van der Waals surface area contributed by atoms with E-state index in [0.29, 0.717) is 17.8 Å². The topological polar surface area (TPSA) is 248 Å². The van der Waals surface area contributed by atoms with Gasteiger partial charge in [0, 0.05) is 26.7 Å². The lowest BCUT2D eigenvalue weighted by Gasteiger charge is -2.12. The van der Waals surface area contributed by atoms with E-state index in [1.165, 1.54) is 55.0 Å². The smallest absolute Gasteiger partial charge is 0.336 e. The Balaban J connectivity index is 0.000000394. The summed E-state index contributed by atoms with van der Waals surface area (Å²) in [6.45, 7) is 4.96. The van der Waals surface area contributed by atoms with E-state index in [1.54, 1.807) is 20.2 Å². The first kappa shape index (κ1) is 42.7. The number of methoxy groups -OCH3 is 2. The lowest BCUT2D eigenvalue weighted by Crippen LogP contribution is -2.41. The van der Waals surface area contributed by atoms with Gasteiger partial charge in [-0.15, -0.1) is 0 Å². The highest BCUT2D eigenvalue weighted by Crippen LogP contribution is 2.17. The Morgan fingerprint density at radius 3 is 1.84 bits per heavy atom. The number of aromatic nitrogens is 6. The lowest BCUT2D eigenvalue weighted by atomic mass is 10.2. The zero-order chi connectivity index (χ0) is 37.5. The Morgan fingerprint density at radius 2 is 1.36 bits per heavy atom. The van der Waals surface area contributed by atoms with E-state index in [0.717, 1.165) is 22.5 Å². The molecule has 1 aliphatic heterocycles. The van der Waals surface area contributed by atoms with E-state index in [9.17, 15) is 46.8 Å². The normalized spacial score (nSPS) is 12.7. The minimum Gasteiger partial charge on any atom is -0.467 e. The van der Waals surface area contributed by atoms with Crippen LogP contribution >= 0.6 is 0 Å². The quantitative estimate of drug-likeness (QED) is 0.185. The number of hydrogen-bond acceptors (Lipinski definition) is 15. The maximum absolute atomic E-state index is 12.5. The van der Waals surface area contributed by atoms with Crippen molar-refractivity contribution in [2.75, 3.05) is 20.5 Å². The van der Waals surface area contributed by atoms with Gasteiger partial charge in [0.1, 0.15) is 23.4 Å². The standard InChI is InChI=1S/C13H16N4O5.C10H11N3O3.C5H10O5S.CH4/c1-7(18)5-16-11(19)9-10(15(3)13(16)21)14-6-17(9)8(2)12(20)22-4;1-6(14)5-13-9(15)7-3-4-11-8(7)12(2)10(13)16;1-4(5(6)9-2)10-11(3,7)8;/h6,8H,5H2,1-4H3;4H,3,5H2,1-2H3;4H,1-3H3;1H4/t8-;;4-;/m0.1./s1. The van der Waals surface area contributed by atoms with Crippen LogP contribution < -0.4 is 22.5 Å². The number of carbonyl (C=O) groups is 4. The summed E-state index contributed by atoms with van der Waals surface area (Å²) in [6, 6.07) is -0.786. The van der Waals surface area contributed by atoms with Crippen molar-refractivity contribution in [3.8, 4) is 0 Å². The highest BCUT2D eigenvalue weighted by atomic mass is 32.2. The molecule has 0 fully saturated rings. The number of esters is 2. The van der Waals surface area contributed by atoms with Gasteiger partial charge in [0.25, 0.3) is 21.2 Å².